The van der Waals surface area contributed by atoms with E-state index in [0.29, 0.717) is 25.4 Å². The smallest absolute Gasteiger partial charge is 0.246 e. The minimum Gasteiger partial charge on any atom is -0.495 e. The number of benzene rings is 2. The van der Waals surface area contributed by atoms with Crippen LogP contribution in [0.4, 0.5) is 4.39 Å². The number of halogens is 1. The van der Waals surface area contributed by atoms with Gasteiger partial charge in [0.05, 0.1) is 7.11 Å². The molecule has 146 valence electrons. The van der Waals surface area contributed by atoms with E-state index in [1.54, 1.807) is 24.3 Å². The quantitative estimate of drug-likeness (QED) is 0.802. The van der Waals surface area contributed by atoms with Crippen LogP contribution in [0.15, 0.2) is 41.3 Å². The Morgan fingerprint density at radius 1 is 1.07 bits per heavy atom. The molecule has 0 N–H and O–H groups in total. The van der Waals surface area contributed by atoms with Gasteiger partial charge in [-0.25, -0.2) is 12.8 Å². The number of nitrogens with zero attached hydrogens (tertiary/aromatic N) is 2. The van der Waals surface area contributed by atoms with Crippen molar-refractivity contribution in [3.05, 3.63) is 58.9 Å². The average Bonchev–Trinajstić information content (AvgIpc) is 2.64. The molecule has 1 aliphatic heterocycles. The number of aryl methyl sites for hydroxylation is 2. The topological polar surface area (TPSA) is 49.9 Å². The standard InChI is InChI=1S/C20H25FN2O3S/c1-14-11-19(26-4)20(12-15(14)2)27(24,25)23-10-9-22(3)18(13-23)16-5-7-17(21)8-6-16/h5-8,11-12,18H,9-10,13H2,1-4H3. The van der Waals surface area contributed by atoms with Crippen LogP contribution in [0.3, 0.4) is 0 Å². The molecule has 3 rings (SSSR count). The molecular weight excluding hydrogens is 367 g/mol. The molecule has 0 radical (unpaired) electrons. The van der Waals surface area contributed by atoms with Gasteiger partial charge in [0.1, 0.15) is 16.5 Å². The molecule has 1 unspecified atom stereocenters. The number of methoxy groups -OCH3 is 1. The lowest BCUT2D eigenvalue weighted by Gasteiger charge is -2.39. The van der Waals surface area contributed by atoms with Crippen LogP contribution in [0, 0.1) is 19.7 Å². The van der Waals surface area contributed by atoms with Crippen LogP contribution in [0.2, 0.25) is 0 Å². The highest BCUT2D eigenvalue weighted by Gasteiger charge is 2.35. The number of likely N-dealkylation sites (N-methyl/N-ethyl adjacent to an activating group) is 1. The number of piperazine rings is 1. The summed E-state index contributed by atoms with van der Waals surface area (Å²) in [5.74, 6) is 0.0527. The van der Waals surface area contributed by atoms with Gasteiger partial charge in [0, 0.05) is 25.7 Å². The Morgan fingerprint density at radius 3 is 2.33 bits per heavy atom. The Labute approximate surface area is 160 Å². The van der Waals surface area contributed by atoms with Crippen LogP contribution in [0.1, 0.15) is 22.7 Å². The summed E-state index contributed by atoms with van der Waals surface area (Å²) in [6.45, 7) is 5.11. The molecule has 1 fully saturated rings. The van der Waals surface area contributed by atoms with Crippen molar-refractivity contribution in [1.29, 1.82) is 0 Å². The van der Waals surface area contributed by atoms with Gasteiger partial charge in [-0.15, -0.1) is 0 Å². The third kappa shape index (κ3) is 3.85. The minimum atomic E-state index is -3.71. The van der Waals surface area contributed by atoms with Crippen molar-refractivity contribution in [3.63, 3.8) is 0 Å². The zero-order chi connectivity index (χ0) is 19.8. The summed E-state index contributed by atoms with van der Waals surface area (Å²) < 4.78 is 46.8. The van der Waals surface area contributed by atoms with E-state index >= 15 is 0 Å². The molecule has 0 saturated carbocycles. The van der Waals surface area contributed by atoms with Crippen LogP contribution in [0.5, 0.6) is 5.75 Å². The predicted octanol–water partition coefficient (Wildman–Crippen LogP) is 3.13. The summed E-state index contributed by atoms with van der Waals surface area (Å²) in [7, 11) is -0.275. The Kier molecular flexibility index (Phi) is 5.55. The highest BCUT2D eigenvalue weighted by molar-refractivity contribution is 7.89. The minimum absolute atomic E-state index is 0.133. The van der Waals surface area contributed by atoms with E-state index in [1.807, 2.05) is 20.9 Å². The first-order valence-corrected chi connectivity index (χ1v) is 10.3. The Hall–Kier alpha value is -1.96. The van der Waals surface area contributed by atoms with Crippen LogP contribution in [0.25, 0.3) is 0 Å². The second kappa shape index (κ2) is 7.58. The maximum absolute atomic E-state index is 13.3. The maximum Gasteiger partial charge on any atom is 0.246 e. The van der Waals surface area contributed by atoms with Crippen molar-refractivity contribution in [1.82, 2.24) is 9.21 Å². The van der Waals surface area contributed by atoms with Gasteiger partial charge >= 0.3 is 0 Å². The summed E-state index contributed by atoms with van der Waals surface area (Å²) in [6.07, 6.45) is 0. The van der Waals surface area contributed by atoms with Gasteiger partial charge in [0.2, 0.25) is 10.0 Å². The van der Waals surface area contributed by atoms with E-state index in [4.69, 9.17) is 4.74 Å². The molecule has 7 heteroatoms. The summed E-state index contributed by atoms with van der Waals surface area (Å²) >= 11 is 0. The van der Waals surface area contributed by atoms with Crippen molar-refractivity contribution in [2.75, 3.05) is 33.8 Å². The highest BCUT2D eigenvalue weighted by atomic mass is 32.2. The molecular formula is C20H25FN2O3S. The second-order valence-corrected chi connectivity index (χ2v) is 8.90. The molecule has 2 aromatic rings. The molecule has 0 amide bonds. The van der Waals surface area contributed by atoms with E-state index in [2.05, 4.69) is 4.90 Å². The highest BCUT2D eigenvalue weighted by Crippen LogP contribution is 2.33. The van der Waals surface area contributed by atoms with Gasteiger partial charge < -0.3 is 4.74 Å². The van der Waals surface area contributed by atoms with E-state index in [-0.39, 0.29) is 16.8 Å². The van der Waals surface area contributed by atoms with E-state index in [0.717, 1.165) is 16.7 Å². The molecule has 0 aliphatic carbocycles. The number of ether oxygens (including phenoxy) is 1. The number of hydrogen-bond donors (Lipinski definition) is 0. The lowest BCUT2D eigenvalue weighted by atomic mass is 10.0. The Morgan fingerprint density at radius 2 is 1.70 bits per heavy atom. The van der Waals surface area contributed by atoms with Crippen molar-refractivity contribution in [2.24, 2.45) is 0 Å². The van der Waals surface area contributed by atoms with Crippen LogP contribution < -0.4 is 4.74 Å². The predicted molar refractivity (Wildman–Crippen MR) is 103 cm³/mol. The fraction of sp³-hybridized carbons (Fsp3) is 0.400. The maximum atomic E-state index is 13.3. The first-order chi connectivity index (χ1) is 12.7. The van der Waals surface area contributed by atoms with Gasteiger partial charge in [0.25, 0.3) is 0 Å². The summed E-state index contributed by atoms with van der Waals surface area (Å²) in [5, 5.41) is 0. The Bertz CT molecular complexity index is 929. The summed E-state index contributed by atoms with van der Waals surface area (Å²) in [6, 6.07) is 9.54. The van der Waals surface area contributed by atoms with Crippen LogP contribution >= 0.6 is 0 Å². The van der Waals surface area contributed by atoms with Crippen molar-refractivity contribution in [2.45, 2.75) is 24.8 Å². The lowest BCUT2D eigenvalue weighted by molar-refractivity contribution is 0.148. The molecule has 2 aromatic carbocycles. The van der Waals surface area contributed by atoms with Crippen LogP contribution in [-0.2, 0) is 10.0 Å². The zero-order valence-corrected chi connectivity index (χ0v) is 16.9. The van der Waals surface area contributed by atoms with Crippen molar-refractivity contribution in [3.8, 4) is 5.75 Å². The molecule has 1 atom stereocenters. The third-order valence-electron chi connectivity index (χ3n) is 5.26. The fourth-order valence-corrected chi connectivity index (χ4v) is 5.04. The molecule has 0 aromatic heterocycles. The average molecular weight is 392 g/mol. The van der Waals surface area contributed by atoms with Gasteiger partial charge in [-0.1, -0.05) is 12.1 Å². The van der Waals surface area contributed by atoms with Gasteiger partial charge in [0.15, 0.2) is 0 Å². The largest absolute Gasteiger partial charge is 0.495 e. The van der Waals surface area contributed by atoms with E-state index < -0.39 is 10.0 Å². The summed E-state index contributed by atoms with van der Waals surface area (Å²) in [5.41, 5.74) is 2.78. The van der Waals surface area contributed by atoms with Gasteiger partial charge in [-0.3, -0.25) is 4.90 Å². The lowest BCUT2D eigenvalue weighted by Crippen LogP contribution is -2.48. The van der Waals surface area contributed by atoms with Gasteiger partial charge in [-0.05, 0) is 61.9 Å². The molecule has 0 bridgehead atoms. The van der Waals surface area contributed by atoms with E-state index in [9.17, 15) is 12.8 Å². The number of hydrogen-bond acceptors (Lipinski definition) is 4. The van der Waals surface area contributed by atoms with Crippen molar-refractivity contribution >= 4 is 10.0 Å². The van der Waals surface area contributed by atoms with E-state index in [1.165, 1.54) is 23.5 Å². The van der Waals surface area contributed by atoms with Crippen molar-refractivity contribution < 1.29 is 17.5 Å². The molecule has 5 nitrogen and oxygen atoms in total. The number of sulfonamides is 1. The normalized spacial score (nSPS) is 19.2. The Balaban J connectivity index is 1.95. The van der Waals surface area contributed by atoms with Crippen LogP contribution in [-0.4, -0.2) is 51.4 Å². The first kappa shape index (κ1) is 19.8. The second-order valence-electron chi connectivity index (χ2n) is 7.00. The summed E-state index contributed by atoms with van der Waals surface area (Å²) in [4.78, 5) is 2.28. The molecule has 1 aliphatic rings. The van der Waals surface area contributed by atoms with Gasteiger partial charge in [-0.2, -0.15) is 4.31 Å². The molecule has 27 heavy (non-hydrogen) atoms. The number of rotatable bonds is 4. The fourth-order valence-electron chi connectivity index (χ4n) is 3.38. The monoisotopic (exact) mass is 392 g/mol. The molecule has 1 heterocycles. The molecule has 1 saturated heterocycles. The third-order valence-corrected chi connectivity index (χ3v) is 7.15. The zero-order valence-electron chi connectivity index (χ0n) is 16.1. The SMILES string of the molecule is COc1cc(C)c(C)cc1S(=O)(=O)N1CCN(C)C(c2ccc(F)cc2)C1. The first-order valence-electron chi connectivity index (χ1n) is 8.85. The molecule has 0 spiro atoms.